The van der Waals surface area contributed by atoms with Gasteiger partial charge in [-0.15, -0.1) is 0 Å². The molecule has 0 fully saturated rings. The predicted octanol–water partition coefficient (Wildman–Crippen LogP) is 7.08. The molecule has 7 nitrogen and oxygen atoms in total. The van der Waals surface area contributed by atoms with E-state index in [2.05, 4.69) is 21.2 Å². The van der Waals surface area contributed by atoms with Crippen molar-refractivity contribution in [1.29, 1.82) is 0 Å². The Labute approximate surface area is 279 Å². The Kier molecular flexibility index (Phi) is 11.5. The summed E-state index contributed by atoms with van der Waals surface area (Å²) in [5.74, 6) is -0.867. The number of amides is 2. The lowest BCUT2D eigenvalue weighted by molar-refractivity contribution is -0.140. The van der Waals surface area contributed by atoms with E-state index in [1.807, 2.05) is 75.4 Å². The topological polar surface area (TPSA) is 86.8 Å². The van der Waals surface area contributed by atoms with Crippen molar-refractivity contribution in [3.05, 3.63) is 129 Å². The lowest BCUT2D eigenvalue weighted by atomic mass is 10.0. The van der Waals surface area contributed by atoms with Gasteiger partial charge in [-0.05, 0) is 80.8 Å². The minimum absolute atomic E-state index is 0.0391. The fraction of sp³-hybridized carbons (Fsp3) is 0.257. The molecule has 1 atom stereocenters. The first-order chi connectivity index (χ1) is 21.3. The summed E-state index contributed by atoms with van der Waals surface area (Å²) < 4.78 is 30.4. The monoisotopic (exact) mass is 709 g/mol. The maximum atomic E-state index is 14.6. The van der Waals surface area contributed by atoms with Gasteiger partial charge in [0.05, 0.1) is 10.6 Å². The van der Waals surface area contributed by atoms with Gasteiger partial charge < -0.3 is 10.2 Å². The number of nitrogens with zero attached hydrogens (tertiary/aromatic N) is 2. The number of nitrogens with one attached hydrogen (secondary N) is 1. The van der Waals surface area contributed by atoms with Gasteiger partial charge in [0.1, 0.15) is 12.6 Å². The van der Waals surface area contributed by atoms with Gasteiger partial charge in [-0.1, -0.05) is 93.8 Å². The van der Waals surface area contributed by atoms with Crippen LogP contribution in [0.1, 0.15) is 36.1 Å². The Morgan fingerprint density at radius 1 is 0.867 bits per heavy atom. The zero-order chi connectivity index (χ0) is 32.7. The van der Waals surface area contributed by atoms with Gasteiger partial charge in [0.15, 0.2) is 0 Å². The van der Waals surface area contributed by atoms with Crippen LogP contribution in [0.25, 0.3) is 0 Å². The van der Waals surface area contributed by atoms with Crippen LogP contribution in [0.5, 0.6) is 0 Å². The number of hydrogen-bond donors (Lipinski definition) is 1. The van der Waals surface area contributed by atoms with Gasteiger partial charge in [0, 0.05) is 28.5 Å². The molecule has 4 aromatic rings. The van der Waals surface area contributed by atoms with E-state index in [0.717, 1.165) is 25.5 Å². The predicted molar refractivity (Wildman–Crippen MR) is 184 cm³/mol. The van der Waals surface area contributed by atoms with E-state index in [1.165, 1.54) is 17.0 Å². The fourth-order valence-electron chi connectivity index (χ4n) is 4.97. The van der Waals surface area contributed by atoms with Crippen molar-refractivity contribution < 1.29 is 18.0 Å². The Morgan fingerprint density at radius 3 is 2.18 bits per heavy atom. The van der Waals surface area contributed by atoms with E-state index < -0.39 is 28.5 Å². The van der Waals surface area contributed by atoms with Gasteiger partial charge in [0.2, 0.25) is 11.8 Å². The van der Waals surface area contributed by atoms with E-state index in [4.69, 9.17) is 11.6 Å². The highest BCUT2D eigenvalue weighted by Crippen LogP contribution is 2.30. The summed E-state index contributed by atoms with van der Waals surface area (Å²) >= 11 is 9.86. The van der Waals surface area contributed by atoms with Crippen molar-refractivity contribution in [1.82, 2.24) is 10.2 Å². The molecule has 236 valence electrons. The Hall–Kier alpha value is -3.66. The smallest absolute Gasteiger partial charge is 0.264 e. The van der Waals surface area contributed by atoms with E-state index in [9.17, 15) is 18.0 Å². The summed E-state index contributed by atoms with van der Waals surface area (Å²) in [6.07, 6.45) is 0.236. The van der Waals surface area contributed by atoms with Crippen molar-refractivity contribution in [2.75, 3.05) is 10.8 Å². The van der Waals surface area contributed by atoms with Crippen molar-refractivity contribution in [2.45, 2.75) is 57.6 Å². The Balaban J connectivity index is 1.84. The number of halogens is 2. The molecular formula is C35H37BrClN3O4S. The molecule has 1 N–H and O–H groups in total. The van der Waals surface area contributed by atoms with Crippen LogP contribution in [0.15, 0.2) is 106 Å². The highest BCUT2D eigenvalue weighted by atomic mass is 79.9. The molecule has 0 aliphatic heterocycles. The second-order valence-electron chi connectivity index (χ2n) is 11.3. The molecule has 0 aliphatic carbocycles. The third kappa shape index (κ3) is 8.96. The molecule has 0 spiro atoms. The quantitative estimate of drug-likeness (QED) is 0.170. The van der Waals surface area contributed by atoms with Gasteiger partial charge in [-0.3, -0.25) is 13.9 Å². The first-order valence-corrected chi connectivity index (χ1v) is 17.2. The maximum Gasteiger partial charge on any atom is 0.264 e. The Morgan fingerprint density at radius 2 is 1.53 bits per heavy atom. The second kappa shape index (κ2) is 15.1. The van der Waals surface area contributed by atoms with E-state index >= 15 is 0 Å². The Bertz CT molecular complexity index is 1750. The molecule has 0 aromatic heterocycles. The second-order valence-corrected chi connectivity index (χ2v) is 14.5. The van der Waals surface area contributed by atoms with Crippen LogP contribution in [-0.2, 0) is 32.6 Å². The lowest BCUT2D eigenvalue weighted by Crippen LogP contribution is -2.54. The first kappa shape index (κ1) is 34.2. The molecular weight excluding hydrogens is 674 g/mol. The van der Waals surface area contributed by atoms with E-state index in [1.54, 1.807) is 37.3 Å². The third-order valence-electron chi connectivity index (χ3n) is 7.27. The number of rotatable bonds is 12. The van der Waals surface area contributed by atoms with E-state index in [0.29, 0.717) is 10.6 Å². The molecule has 4 rings (SSSR count). The van der Waals surface area contributed by atoms with Gasteiger partial charge in [-0.2, -0.15) is 0 Å². The van der Waals surface area contributed by atoms with Crippen molar-refractivity contribution in [3.63, 3.8) is 0 Å². The number of hydrogen-bond acceptors (Lipinski definition) is 4. The molecule has 0 heterocycles. The van der Waals surface area contributed by atoms with Crippen molar-refractivity contribution in [3.8, 4) is 0 Å². The average molecular weight is 711 g/mol. The molecule has 0 saturated heterocycles. The standard InChI is InChI=1S/C35H37BrClN3O4S/c1-24(2)38-35(42)33(20-27-9-6-5-7-10-27)39(22-28-11-8-12-29(36)19-28)34(41)23-40(32-21-30(37)16-15-26(32)4)45(43,44)31-17-13-25(3)14-18-31/h5-19,21,24,33H,20,22-23H2,1-4H3,(H,38,42)/t33-/m1/s1. The zero-order valence-corrected chi connectivity index (χ0v) is 28.9. The fourth-order valence-corrected chi connectivity index (χ4v) is 7.05. The van der Waals surface area contributed by atoms with Gasteiger partial charge in [0.25, 0.3) is 10.0 Å². The maximum absolute atomic E-state index is 14.6. The molecule has 0 radical (unpaired) electrons. The van der Waals surface area contributed by atoms with Crippen LogP contribution < -0.4 is 9.62 Å². The van der Waals surface area contributed by atoms with Crippen LogP contribution in [0, 0.1) is 13.8 Å². The van der Waals surface area contributed by atoms with Crippen LogP contribution in [-0.4, -0.2) is 43.8 Å². The average Bonchev–Trinajstić information content (AvgIpc) is 2.99. The molecule has 0 bridgehead atoms. The highest BCUT2D eigenvalue weighted by Gasteiger charge is 2.35. The summed E-state index contributed by atoms with van der Waals surface area (Å²) in [6, 6.07) is 27.2. The summed E-state index contributed by atoms with van der Waals surface area (Å²) in [4.78, 5) is 29.9. The first-order valence-electron chi connectivity index (χ1n) is 14.6. The van der Waals surface area contributed by atoms with Crippen molar-refractivity contribution >= 4 is 55.1 Å². The highest BCUT2D eigenvalue weighted by molar-refractivity contribution is 9.10. The van der Waals surface area contributed by atoms with E-state index in [-0.39, 0.29) is 35.5 Å². The summed E-state index contributed by atoms with van der Waals surface area (Å²) in [7, 11) is -4.22. The minimum Gasteiger partial charge on any atom is -0.352 e. The number of carbonyl (C=O) groups is 2. The summed E-state index contributed by atoms with van der Waals surface area (Å²) in [5, 5.41) is 3.30. The molecule has 0 aliphatic rings. The summed E-state index contributed by atoms with van der Waals surface area (Å²) in [6.45, 7) is 6.88. The normalized spacial score (nSPS) is 12.1. The number of carbonyl (C=O) groups excluding carboxylic acids is 2. The molecule has 2 amide bonds. The lowest BCUT2D eigenvalue weighted by Gasteiger charge is -2.34. The zero-order valence-electron chi connectivity index (χ0n) is 25.7. The van der Waals surface area contributed by atoms with Crippen LogP contribution in [0.4, 0.5) is 5.69 Å². The minimum atomic E-state index is -4.22. The number of sulfonamides is 1. The van der Waals surface area contributed by atoms with Crippen LogP contribution in [0.3, 0.4) is 0 Å². The van der Waals surface area contributed by atoms with Gasteiger partial charge >= 0.3 is 0 Å². The number of anilines is 1. The van der Waals surface area contributed by atoms with Crippen LogP contribution >= 0.6 is 27.5 Å². The van der Waals surface area contributed by atoms with Crippen molar-refractivity contribution in [2.24, 2.45) is 0 Å². The molecule has 0 saturated carbocycles. The van der Waals surface area contributed by atoms with Crippen LogP contribution in [0.2, 0.25) is 5.02 Å². The number of aryl methyl sites for hydroxylation is 2. The molecule has 4 aromatic carbocycles. The molecule has 10 heteroatoms. The summed E-state index contributed by atoms with van der Waals surface area (Å²) in [5.41, 5.74) is 3.45. The third-order valence-corrected chi connectivity index (χ3v) is 9.77. The molecule has 45 heavy (non-hydrogen) atoms. The SMILES string of the molecule is Cc1ccc(S(=O)(=O)N(CC(=O)N(Cc2cccc(Br)c2)[C@H](Cc2ccccc2)C(=O)NC(C)C)c2cc(Cl)ccc2C)cc1. The molecule has 0 unspecified atom stereocenters. The van der Waals surface area contributed by atoms with Gasteiger partial charge in [-0.25, -0.2) is 8.42 Å². The number of benzene rings is 4. The largest absolute Gasteiger partial charge is 0.352 e.